The van der Waals surface area contributed by atoms with Crippen LogP contribution in [0.4, 0.5) is 11.4 Å². The Morgan fingerprint density at radius 1 is 1.26 bits per heavy atom. The lowest BCUT2D eigenvalue weighted by atomic mass is 10.1. The number of esters is 1. The van der Waals surface area contributed by atoms with Gasteiger partial charge >= 0.3 is 11.7 Å². The molecule has 1 aliphatic carbocycles. The van der Waals surface area contributed by atoms with E-state index in [4.69, 9.17) is 4.74 Å². The molecule has 1 N–H and O–H groups in total. The van der Waals surface area contributed by atoms with Crippen molar-refractivity contribution in [3.8, 4) is 0 Å². The van der Waals surface area contributed by atoms with Crippen molar-refractivity contribution in [2.24, 2.45) is 14.1 Å². The predicted octanol–water partition coefficient (Wildman–Crippen LogP) is 0.923. The minimum atomic E-state index is -0.788. The Hall–Kier alpha value is -3.43. The fraction of sp³-hybridized carbons (Fsp3) is 0.353. The van der Waals surface area contributed by atoms with E-state index in [1.54, 1.807) is 0 Å². The van der Waals surface area contributed by atoms with Crippen LogP contribution in [0.15, 0.2) is 33.9 Å². The number of aromatic nitrogens is 2. The molecule has 1 aromatic carbocycles. The van der Waals surface area contributed by atoms with Crippen LogP contribution >= 0.6 is 0 Å². The average molecular weight is 374 g/mol. The van der Waals surface area contributed by atoms with Crippen LogP contribution in [0.2, 0.25) is 0 Å². The lowest BCUT2D eigenvalue weighted by Crippen LogP contribution is -2.38. The van der Waals surface area contributed by atoms with E-state index < -0.39 is 22.1 Å². The summed E-state index contributed by atoms with van der Waals surface area (Å²) < 4.78 is 7.25. The van der Waals surface area contributed by atoms with Crippen molar-refractivity contribution in [2.45, 2.75) is 25.5 Å². The summed E-state index contributed by atoms with van der Waals surface area (Å²) in [5.74, 6) is -0.788. The Kier molecular flexibility index (Phi) is 4.80. The van der Waals surface area contributed by atoms with E-state index in [1.165, 1.54) is 36.9 Å². The largest absolute Gasteiger partial charge is 0.456 e. The molecular formula is C17H18N4O6. The standard InChI is InChI=1S/C17H18N4O6/c1-19-12(8-15(22)20(2)17(19)24)9-27-16(23)10-3-6-13(18-11-4-5-11)14(7-10)21(25)26/h3,6-8,11,18H,4-5,9H2,1-2H3. The SMILES string of the molecule is Cn1c(COC(=O)c2ccc(NC3CC3)c([N+](=O)[O-])c2)cc(=O)n(C)c1=O. The molecular weight excluding hydrogens is 356 g/mol. The molecule has 0 saturated heterocycles. The molecule has 0 amide bonds. The van der Waals surface area contributed by atoms with Crippen molar-refractivity contribution in [1.82, 2.24) is 9.13 Å². The molecule has 0 atom stereocenters. The molecule has 10 heteroatoms. The molecule has 27 heavy (non-hydrogen) atoms. The second-order valence-electron chi connectivity index (χ2n) is 6.36. The van der Waals surface area contributed by atoms with Gasteiger partial charge in [-0.15, -0.1) is 0 Å². The smallest absolute Gasteiger partial charge is 0.338 e. The molecule has 0 radical (unpaired) electrons. The van der Waals surface area contributed by atoms with Gasteiger partial charge in [0.2, 0.25) is 0 Å². The molecule has 1 saturated carbocycles. The van der Waals surface area contributed by atoms with Crippen LogP contribution < -0.4 is 16.6 Å². The number of ether oxygens (including phenoxy) is 1. The number of rotatable bonds is 6. The van der Waals surface area contributed by atoms with E-state index >= 15 is 0 Å². The maximum atomic E-state index is 12.3. The summed E-state index contributed by atoms with van der Waals surface area (Å²) in [5.41, 5.74) is -0.685. The van der Waals surface area contributed by atoms with Crippen LogP contribution in [-0.2, 0) is 25.4 Å². The second kappa shape index (κ2) is 7.06. The zero-order valence-corrected chi connectivity index (χ0v) is 14.8. The van der Waals surface area contributed by atoms with Crippen molar-refractivity contribution in [2.75, 3.05) is 5.32 Å². The number of nitro groups is 1. The van der Waals surface area contributed by atoms with Crippen LogP contribution in [-0.4, -0.2) is 26.1 Å². The quantitative estimate of drug-likeness (QED) is 0.453. The Morgan fingerprint density at radius 2 is 1.96 bits per heavy atom. The Labute approximate surface area is 153 Å². The third kappa shape index (κ3) is 3.89. The molecule has 142 valence electrons. The third-order valence-corrected chi connectivity index (χ3v) is 4.34. The van der Waals surface area contributed by atoms with E-state index in [0.29, 0.717) is 5.69 Å². The topological polar surface area (TPSA) is 125 Å². The number of carbonyl (C=O) groups is 1. The van der Waals surface area contributed by atoms with Crippen molar-refractivity contribution >= 4 is 17.3 Å². The van der Waals surface area contributed by atoms with E-state index in [2.05, 4.69) is 5.32 Å². The number of nitrogens with zero attached hydrogens (tertiary/aromatic N) is 3. The molecule has 0 unspecified atom stereocenters. The number of anilines is 1. The summed E-state index contributed by atoms with van der Waals surface area (Å²) in [6.45, 7) is -0.309. The predicted molar refractivity (Wildman–Crippen MR) is 95.8 cm³/mol. The van der Waals surface area contributed by atoms with Gasteiger partial charge < -0.3 is 10.1 Å². The summed E-state index contributed by atoms with van der Waals surface area (Å²) >= 11 is 0. The number of benzene rings is 1. The minimum absolute atomic E-state index is 0.0110. The second-order valence-corrected chi connectivity index (χ2v) is 6.36. The summed E-state index contributed by atoms with van der Waals surface area (Å²) in [6, 6.07) is 5.48. The highest BCUT2D eigenvalue weighted by Gasteiger charge is 2.26. The highest BCUT2D eigenvalue weighted by atomic mass is 16.6. The number of carbonyl (C=O) groups excluding carboxylic acids is 1. The first-order valence-corrected chi connectivity index (χ1v) is 8.26. The van der Waals surface area contributed by atoms with Gasteiger partial charge in [0.1, 0.15) is 12.3 Å². The van der Waals surface area contributed by atoms with E-state index in [0.717, 1.165) is 23.5 Å². The summed E-state index contributed by atoms with van der Waals surface area (Å²) in [4.78, 5) is 46.5. The van der Waals surface area contributed by atoms with Gasteiger partial charge in [0.25, 0.3) is 11.2 Å². The van der Waals surface area contributed by atoms with Gasteiger partial charge in [-0.25, -0.2) is 9.59 Å². The molecule has 10 nitrogen and oxygen atoms in total. The Morgan fingerprint density at radius 3 is 2.59 bits per heavy atom. The maximum Gasteiger partial charge on any atom is 0.338 e. The molecule has 1 fully saturated rings. The molecule has 1 aliphatic rings. The number of nitro benzene ring substituents is 1. The lowest BCUT2D eigenvalue weighted by Gasteiger charge is -2.11. The van der Waals surface area contributed by atoms with Gasteiger partial charge in [-0.1, -0.05) is 0 Å². The Balaban J connectivity index is 1.78. The zero-order chi connectivity index (χ0) is 19.7. The molecule has 1 aromatic heterocycles. The fourth-order valence-electron chi connectivity index (χ4n) is 2.52. The first kappa shape index (κ1) is 18.4. The summed E-state index contributed by atoms with van der Waals surface area (Å²) in [6.07, 6.45) is 1.91. The molecule has 0 bridgehead atoms. The van der Waals surface area contributed by atoms with Crippen molar-refractivity contribution in [3.05, 3.63) is 66.5 Å². The molecule has 0 aliphatic heterocycles. The first-order valence-electron chi connectivity index (χ1n) is 8.26. The number of nitrogens with one attached hydrogen (secondary N) is 1. The molecule has 0 spiro atoms. The number of hydrogen-bond acceptors (Lipinski definition) is 7. The minimum Gasteiger partial charge on any atom is -0.456 e. The van der Waals surface area contributed by atoms with Crippen LogP contribution in [0.5, 0.6) is 0 Å². The van der Waals surface area contributed by atoms with Gasteiger partial charge in [-0.2, -0.15) is 0 Å². The highest BCUT2D eigenvalue weighted by molar-refractivity contribution is 5.91. The van der Waals surface area contributed by atoms with Crippen LogP contribution in [0.25, 0.3) is 0 Å². The van der Waals surface area contributed by atoms with Gasteiger partial charge in [0.15, 0.2) is 0 Å². The summed E-state index contributed by atoms with van der Waals surface area (Å²) in [5, 5.41) is 14.3. The normalized spacial score (nSPS) is 13.3. The van der Waals surface area contributed by atoms with Crippen molar-refractivity contribution < 1.29 is 14.5 Å². The molecule has 3 rings (SSSR count). The highest BCUT2D eigenvalue weighted by Crippen LogP contribution is 2.31. The van der Waals surface area contributed by atoms with E-state index in [9.17, 15) is 24.5 Å². The lowest BCUT2D eigenvalue weighted by molar-refractivity contribution is -0.384. The maximum absolute atomic E-state index is 12.3. The van der Waals surface area contributed by atoms with Gasteiger partial charge in [-0.05, 0) is 25.0 Å². The van der Waals surface area contributed by atoms with Crippen molar-refractivity contribution in [1.29, 1.82) is 0 Å². The van der Waals surface area contributed by atoms with Crippen LogP contribution in [0.3, 0.4) is 0 Å². The van der Waals surface area contributed by atoms with Crippen molar-refractivity contribution in [3.63, 3.8) is 0 Å². The van der Waals surface area contributed by atoms with E-state index in [-0.39, 0.29) is 29.6 Å². The first-order chi connectivity index (χ1) is 12.8. The van der Waals surface area contributed by atoms with Gasteiger partial charge in [0.05, 0.1) is 16.2 Å². The fourth-order valence-corrected chi connectivity index (χ4v) is 2.52. The number of hydrogen-bond donors (Lipinski definition) is 1. The molecule has 1 heterocycles. The van der Waals surface area contributed by atoms with Gasteiger partial charge in [-0.3, -0.25) is 24.0 Å². The Bertz CT molecular complexity index is 1030. The van der Waals surface area contributed by atoms with E-state index in [1.807, 2.05) is 0 Å². The third-order valence-electron chi connectivity index (χ3n) is 4.34. The van der Waals surface area contributed by atoms with Gasteiger partial charge in [0, 0.05) is 32.3 Å². The zero-order valence-electron chi connectivity index (χ0n) is 14.8. The summed E-state index contributed by atoms with van der Waals surface area (Å²) in [7, 11) is 2.80. The monoisotopic (exact) mass is 374 g/mol. The van der Waals surface area contributed by atoms with Crippen LogP contribution in [0, 0.1) is 10.1 Å². The molecule has 2 aromatic rings. The average Bonchev–Trinajstić information content (AvgIpc) is 3.45. The van der Waals surface area contributed by atoms with Crippen LogP contribution in [0.1, 0.15) is 28.9 Å².